The second kappa shape index (κ2) is 2.59. The molecular formula is C11H12FN. The highest BCUT2D eigenvalue weighted by atomic mass is 19.1. The second-order valence-electron chi connectivity index (χ2n) is 3.96. The molecule has 1 aromatic rings. The van der Waals surface area contributed by atoms with E-state index in [1.54, 1.807) is 4.57 Å². The Bertz CT molecular complexity index is 349. The van der Waals surface area contributed by atoms with E-state index in [9.17, 15) is 4.39 Å². The molecule has 0 amide bonds. The van der Waals surface area contributed by atoms with Gasteiger partial charge in [0.2, 0.25) is 0 Å². The summed E-state index contributed by atoms with van der Waals surface area (Å²) in [7, 11) is 0. The van der Waals surface area contributed by atoms with Crippen molar-refractivity contribution in [1.82, 2.24) is 4.57 Å². The predicted octanol–water partition coefficient (Wildman–Crippen LogP) is 3.15. The van der Waals surface area contributed by atoms with Crippen LogP contribution in [0.15, 0.2) is 24.4 Å². The van der Waals surface area contributed by atoms with E-state index in [1.165, 1.54) is 12.3 Å². The summed E-state index contributed by atoms with van der Waals surface area (Å²) in [4.78, 5) is 0. The molecule has 0 atom stereocenters. The number of fused-ring (bicyclic) bond motifs is 1. The lowest BCUT2D eigenvalue weighted by molar-refractivity contribution is 0.624. The first kappa shape index (κ1) is 8.30. The lowest BCUT2D eigenvalue weighted by Gasteiger charge is -2.11. The molecule has 0 spiro atoms. The van der Waals surface area contributed by atoms with Crippen molar-refractivity contribution in [3.8, 4) is 0 Å². The molecule has 68 valence electrons. The van der Waals surface area contributed by atoms with Gasteiger partial charge in [-0.25, -0.2) is 4.39 Å². The molecule has 0 unspecified atom stereocenters. The third-order valence-corrected chi connectivity index (χ3v) is 2.19. The lowest BCUT2D eigenvalue weighted by Crippen LogP contribution is -2.00. The van der Waals surface area contributed by atoms with E-state index in [-0.39, 0.29) is 11.2 Å². The molecular weight excluding hydrogens is 165 g/mol. The van der Waals surface area contributed by atoms with Crippen molar-refractivity contribution in [2.24, 2.45) is 5.41 Å². The number of hydrogen-bond donors (Lipinski definition) is 0. The third kappa shape index (κ3) is 1.57. The molecule has 0 aliphatic carbocycles. The van der Waals surface area contributed by atoms with Gasteiger partial charge in [-0.05, 0) is 12.1 Å². The van der Waals surface area contributed by atoms with Crippen LogP contribution in [0.2, 0.25) is 0 Å². The van der Waals surface area contributed by atoms with Gasteiger partial charge in [0.1, 0.15) is 5.82 Å². The van der Waals surface area contributed by atoms with Gasteiger partial charge in [0.15, 0.2) is 0 Å². The maximum atomic E-state index is 12.8. The number of rotatable bonds is 0. The number of allylic oxidation sites excluding steroid dienone is 2. The predicted molar refractivity (Wildman–Crippen MR) is 52.5 cm³/mol. The zero-order valence-corrected chi connectivity index (χ0v) is 7.79. The van der Waals surface area contributed by atoms with Crippen LogP contribution in [0, 0.1) is 11.2 Å². The number of halogens is 1. The smallest absolute Gasteiger partial charge is 0.141 e. The molecule has 0 saturated heterocycles. The molecule has 0 bridgehead atoms. The van der Waals surface area contributed by atoms with E-state index in [0.717, 1.165) is 5.69 Å². The van der Waals surface area contributed by atoms with Gasteiger partial charge in [0, 0.05) is 23.5 Å². The minimum atomic E-state index is -0.191. The monoisotopic (exact) mass is 177 g/mol. The molecule has 2 heterocycles. The van der Waals surface area contributed by atoms with E-state index in [2.05, 4.69) is 26.0 Å². The molecule has 2 heteroatoms. The fourth-order valence-electron chi connectivity index (χ4n) is 1.35. The molecule has 0 aromatic carbocycles. The second-order valence-corrected chi connectivity index (χ2v) is 3.96. The Balaban J connectivity index is 2.50. The fourth-order valence-corrected chi connectivity index (χ4v) is 1.35. The van der Waals surface area contributed by atoms with Crippen molar-refractivity contribution >= 4 is 12.3 Å². The number of nitrogens with zero attached hydrogens (tertiary/aromatic N) is 1. The Labute approximate surface area is 77.2 Å². The molecule has 13 heavy (non-hydrogen) atoms. The summed E-state index contributed by atoms with van der Waals surface area (Å²) in [5, 5.41) is 0. The first-order valence-corrected chi connectivity index (χ1v) is 4.33. The first-order chi connectivity index (χ1) is 6.07. The van der Waals surface area contributed by atoms with E-state index in [1.807, 2.05) is 12.3 Å². The Morgan fingerprint density at radius 3 is 2.85 bits per heavy atom. The topological polar surface area (TPSA) is 4.93 Å². The zero-order chi connectivity index (χ0) is 9.47. The van der Waals surface area contributed by atoms with Crippen molar-refractivity contribution < 1.29 is 4.39 Å². The van der Waals surface area contributed by atoms with Gasteiger partial charge >= 0.3 is 0 Å². The normalized spacial score (nSPS) is 18.4. The van der Waals surface area contributed by atoms with Crippen molar-refractivity contribution in [3.05, 3.63) is 35.9 Å². The van der Waals surface area contributed by atoms with Crippen molar-refractivity contribution in [2.75, 3.05) is 0 Å². The molecule has 1 aliphatic heterocycles. The van der Waals surface area contributed by atoms with Crippen LogP contribution in [0.25, 0.3) is 12.3 Å². The summed E-state index contributed by atoms with van der Waals surface area (Å²) in [5.41, 5.74) is 0.939. The van der Waals surface area contributed by atoms with E-state index >= 15 is 0 Å². The average Bonchev–Trinajstić information content (AvgIpc) is 2.34. The molecule has 1 aliphatic rings. The van der Waals surface area contributed by atoms with Gasteiger partial charge in [-0.2, -0.15) is 0 Å². The number of hydrogen-bond acceptors (Lipinski definition) is 0. The number of aromatic nitrogens is 1. The lowest BCUT2D eigenvalue weighted by atomic mass is 9.93. The summed E-state index contributed by atoms with van der Waals surface area (Å²) in [6, 6.07) is 1.53. The minimum Gasteiger partial charge on any atom is -0.321 e. The summed E-state index contributed by atoms with van der Waals surface area (Å²) in [5.74, 6) is -0.191. The van der Waals surface area contributed by atoms with Crippen LogP contribution in [0.1, 0.15) is 19.5 Å². The molecule has 0 radical (unpaired) electrons. The molecule has 1 aromatic heterocycles. The van der Waals surface area contributed by atoms with Gasteiger partial charge in [-0.15, -0.1) is 0 Å². The van der Waals surface area contributed by atoms with Crippen LogP contribution in [0.5, 0.6) is 0 Å². The van der Waals surface area contributed by atoms with E-state index in [0.29, 0.717) is 0 Å². The zero-order valence-electron chi connectivity index (χ0n) is 7.79. The van der Waals surface area contributed by atoms with Gasteiger partial charge in [-0.3, -0.25) is 0 Å². The Morgan fingerprint density at radius 1 is 1.31 bits per heavy atom. The Morgan fingerprint density at radius 2 is 2.08 bits per heavy atom. The van der Waals surface area contributed by atoms with E-state index < -0.39 is 0 Å². The van der Waals surface area contributed by atoms with Crippen LogP contribution in [-0.2, 0) is 0 Å². The van der Waals surface area contributed by atoms with Gasteiger partial charge in [-0.1, -0.05) is 26.0 Å². The van der Waals surface area contributed by atoms with Crippen LogP contribution in [0.3, 0.4) is 0 Å². The van der Waals surface area contributed by atoms with Crippen molar-refractivity contribution in [2.45, 2.75) is 13.8 Å². The summed E-state index contributed by atoms with van der Waals surface area (Å²) in [6.45, 7) is 4.23. The molecule has 0 N–H and O–H groups in total. The SMILES string of the molecule is CC1(C)C=Cc2cc(F)cn2C=C1. The van der Waals surface area contributed by atoms with Crippen LogP contribution in [-0.4, -0.2) is 4.57 Å². The summed E-state index contributed by atoms with van der Waals surface area (Å²) >= 11 is 0. The maximum absolute atomic E-state index is 12.8. The highest BCUT2D eigenvalue weighted by Gasteiger charge is 2.12. The molecule has 0 fully saturated rings. The standard InChI is InChI=1S/C11H12FN/c1-11(2)4-3-10-7-9(12)8-13(10)6-5-11/h3-8H,1-2H3. The van der Waals surface area contributed by atoms with E-state index in [4.69, 9.17) is 0 Å². The molecule has 0 saturated carbocycles. The fraction of sp³-hybridized carbons (Fsp3) is 0.273. The van der Waals surface area contributed by atoms with Crippen LogP contribution in [0.4, 0.5) is 4.39 Å². The van der Waals surface area contributed by atoms with Gasteiger partial charge in [0.05, 0.1) is 0 Å². The minimum absolute atomic E-state index is 0.0511. The quantitative estimate of drug-likeness (QED) is 0.573. The maximum Gasteiger partial charge on any atom is 0.141 e. The van der Waals surface area contributed by atoms with Gasteiger partial charge < -0.3 is 4.57 Å². The van der Waals surface area contributed by atoms with Crippen LogP contribution >= 0.6 is 0 Å². The third-order valence-electron chi connectivity index (χ3n) is 2.19. The molecule has 1 nitrogen and oxygen atoms in total. The van der Waals surface area contributed by atoms with Crippen molar-refractivity contribution in [3.63, 3.8) is 0 Å². The van der Waals surface area contributed by atoms with Crippen molar-refractivity contribution in [1.29, 1.82) is 0 Å². The van der Waals surface area contributed by atoms with Crippen LogP contribution < -0.4 is 0 Å². The molecule has 2 rings (SSSR count). The average molecular weight is 177 g/mol. The largest absolute Gasteiger partial charge is 0.321 e. The summed E-state index contributed by atoms with van der Waals surface area (Å²) < 4.78 is 14.6. The first-order valence-electron chi connectivity index (χ1n) is 4.33. The summed E-state index contributed by atoms with van der Waals surface area (Å²) in [6.07, 6.45) is 9.46. The highest BCUT2D eigenvalue weighted by molar-refractivity contribution is 5.54. The van der Waals surface area contributed by atoms with Gasteiger partial charge in [0.25, 0.3) is 0 Å². The highest BCUT2D eigenvalue weighted by Crippen LogP contribution is 2.25. The Hall–Kier alpha value is -1.31. The Kier molecular flexibility index (Phi) is 1.65.